The minimum atomic E-state index is -0.588. The third-order valence-electron chi connectivity index (χ3n) is 5.12. The number of piperazine rings is 1. The number of rotatable bonds is 8. The third kappa shape index (κ3) is 6.36. The van der Waals surface area contributed by atoms with Crippen molar-refractivity contribution in [1.82, 2.24) is 15.1 Å². The van der Waals surface area contributed by atoms with E-state index in [9.17, 15) is 14.9 Å². The van der Waals surface area contributed by atoms with E-state index < -0.39 is 6.04 Å². The summed E-state index contributed by atoms with van der Waals surface area (Å²) in [5.41, 5.74) is 0.370. The number of carbonyl (C=O) groups excluding carboxylic acids is 2. The van der Waals surface area contributed by atoms with Gasteiger partial charge in [-0.3, -0.25) is 14.5 Å². The second kappa shape index (κ2) is 11.4. The predicted molar refractivity (Wildman–Crippen MR) is 118 cm³/mol. The van der Waals surface area contributed by atoms with Gasteiger partial charge < -0.3 is 10.2 Å². The van der Waals surface area contributed by atoms with E-state index in [-0.39, 0.29) is 23.8 Å². The summed E-state index contributed by atoms with van der Waals surface area (Å²) in [7, 11) is 0. The molecule has 2 atom stereocenters. The first-order valence-corrected chi connectivity index (χ1v) is 11.6. The first-order valence-electron chi connectivity index (χ1n) is 9.85. The molecule has 0 aliphatic carbocycles. The van der Waals surface area contributed by atoms with Crippen molar-refractivity contribution in [3.05, 3.63) is 34.9 Å². The fourth-order valence-electron chi connectivity index (χ4n) is 3.47. The fraction of sp³-hybridized carbons (Fsp3) is 0.571. The van der Waals surface area contributed by atoms with Gasteiger partial charge in [-0.15, -0.1) is 0 Å². The van der Waals surface area contributed by atoms with Crippen LogP contribution in [-0.2, 0) is 4.79 Å². The van der Waals surface area contributed by atoms with Crippen molar-refractivity contribution in [2.45, 2.75) is 32.4 Å². The maximum Gasteiger partial charge on any atom is 0.253 e. The lowest BCUT2D eigenvalue weighted by atomic mass is 10.0. The van der Waals surface area contributed by atoms with E-state index in [2.05, 4.69) is 16.3 Å². The Hall–Kier alpha value is -1.75. The van der Waals surface area contributed by atoms with Gasteiger partial charge in [0.15, 0.2) is 0 Å². The van der Waals surface area contributed by atoms with Crippen LogP contribution < -0.4 is 5.32 Å². The first-order chi connectivity index (χ1) is 13.9. The number of nitrogens with one attached hydrogen (secondary N) is 1. The van der Waals surface area contributed by atoms with Crippen LogP contribution in [0.15, 0.2) is 24.3 Å². The van der Waals surface area contributed by atoms with E-state index in [4.69, 9.17) is 11.6 Å². The minimum absolute atomic E-state index is 0.0721. The molecule has 1 aromatic rings. The van der Waals surface area contributed by atoms with Crippen molar-refractivity contribution in [3.8, 4) is 6.07 Å². The number of halogens is 1. The number of nitriles is 1. The van der Waals surface area contributed by atoms with Gasteiger partial charge in [0.25, 0.3) is 5.91 Å². The summed E-state index contributed by atoms with van der Waals surface area (Å²) in [5, 5.41) is 12.6. The average Bonchev–Trinajstić information content (AvgIpc) is 2.71. The molecule has 2 amide bonds. The van der Waals surface area contributed by atoms with E-state index in [1.807, 2.05) is 20.1 Å². The second-order valence-electron chi connectivity index (χ2n) is 7.47. The molecule has 0 bridgehead atoms. The molecule has 1 N–H and O–H groups in total. The molecule has 158 valence electrons. The molecule has 1 saturated heterocycles. The Bertz CT molecular complexity index is 744. The molecule has 2 unspecified atom stereocenters. The van der Waals surface area contributed by atoms with Gasteiger partial charge in [-0.25, -0.2) is 0 Å². The van der Waals surface area contributed by atoms with Crippen molar-refractivity contribution in [1.29, 1.82) is 5.26 Å². The lowest BCUT2D eigenvalue weighted by Gasteiger charge is -2.39. The smallest absolute Gasteiger partial charge is 0.253 e. The van der Waals surface area contributed by atoms with E-state index in [1.54, 1.807) is 40.9 Å². The highest BCUT2D eigenvalue weighted by atomic mass is 35.5. The van der Waals surface area contributed by atoms with Crippen LogP contribution in [0.4, 0.5) is 0 Å². The number of carbonyl (C=O) groups is 2. The molecule has 2 rings (SSSR count). The second-order valence-corrected chi connectivity index (χ2v) is 8.86. The van der Waals surface area contributed by atoms with Gasteiger partial charge in [0.05, 0.1) is 16.7 Å². The van der Waals surface area contributed by atoms with Gasteiger partial charge in [-0.2, -0.15) is 17.0 Å². The highest BCUT2D eigenvalue weighted by Crippen LogP contribution is 2.17. The summed E-state index contributed by atoms with van der Waals surface area (Å²) >= 11 is 7.77. The largest absolute Gasteiger partial charge is 0.340 e. The maximum atomic E-state index is 13.1. The zero-order valence-electron chi connectivity index (χ0n) is 17.2. The Kier molecular flexibility index (Phi) is 9.28. The fourth-order valence-corrected chi connectivity index (χ4v) is 4.16. The summed E-state index contributed by atoms with van der Waals surface area (Å²) in [4.78, 5) is 29.7. The Morgan fingerprint density at radius 1 is 1.24 bits per heavy atom. The van der Waals surface area contributed by atoms with E-state index >= 15 is 0 Å². The molecule has 0 spiro atoms. The highest BCUT2D eigenvalue weighted by Gasteiger charge is 2.31. The highest BCUT2D eigenvalue weighted by molar-refractivity contribution is 7.98. The monoisotopic (exact) mass is 436 g/mol. The van der Waals surface area contributed by atoms with Crippen LogP contribution in [0.2, 0.25) is 5.02 Å². The molecule has 8 heteroatoms. The van der Waals surface area contributed by atoms with Crippen molar-refractivity contribution in [3.63, 3.8) is 0 Å². The first kappa shape index (κ1) is 23.5. The number of hydrogen-bond acceptors (Lipinski definition) is 5. The van der Waals surface area contributed by atoms with Gasteiger partial charge in [0.1, 0.15) is 12.1 Å². The molecule has 6 nitrogen and oxygen atoms in total. The summed E-state index contributed by atoms with van der Waals surface area (Å²) in [6, 6.07) is 8.47. The molecule has 1 fully saturated rings. The maximum absolute atomic E-state index is 13.1. The van der Waals surface area contributed by atoms with Gasteiger partial charge in [0.2, 0.25) is 5.91 Å². The van der Waals surface area contributed by atoms with E-state index in [0.717, 1.165) is 5.75 Å². The van der Waals surface area contributed by atoms with Crippen LogP contribution in [0.3, 0.4) is 0 Å². The predicted octanol–water partition coefficient (Wildman–Crippen LogP) is 2.88. The Labute approximate surface area is 182 Å². The van der Waals surface area contributed by atoms with E-state index in [0.29, 0.717) is 43.2 Å². The summed E-state index contributed by atoms with van der Waals surface area (Å²) in [6.45, 7) is 6.51. The van der Waals surface area contributed by atoms with Crippen LogP contribution >= 0.6 is 23.4 Å². The van der Waals surface area contributed by atoms with Crippen molar-refractivity contribution in [2.24, 2.45) is 5.92 Å². The molecule has 0 aromatic heterocycles. The Morgan fingerprint density at radius 3 is 2.45 bits per heavy atom. The van der Waals surface area contributed by atoms with E-state index in [1.165, 1.54) is 0 Å². The molecule has 0 radical (unpaired) electrons. The molecule has 1 aromatic carbocycles. The topological polar surface area (TPSA) is 76.4 Å². The number of hydrogen-bond donors (Lipinski definition) is 1. The lowest BCUT2D eigenvalue weighted by molar-refractivity contribution is -0.135. The number of amides is 2. The Morgan fingerprint density at radius 2 is 1.90 bits per heavy atom. The molecule has 29 heavy (non-hydrogen) atoms. The minimum Gasteiger partial charge on any atom is -0.340 e. The van der Waals surface area contributed by atoms with Gasteiger partial charge >= 0.3 is 0 Å². The van der Waals surface area contributed by atoms with Crippen LogP contribution in [0, 0.1) is 17.2 Å². The third-order valence-corrected chi connectivity index (χ3v) is 6.09. The van der Waals surface area contributed by atoms with Gasteiger partial charge in [-0.1, -0.05) is 37.6 Å². The molecule has 0 saturated carbocycles. The summed E-state index contributed by atoms with van der Waals surface area (Å²) in [5.74, 6) is 0.602. The lowest BCUT2D eigenvalue weighted by Crippen LogP contribution is -2.57. The quantitative estimate of drug-likeness (QED) is 0.678. The Balaban J connectivity index is 2.03. The summed E-state index contributed by atoms with van der Waals surface area (Å²) < 4.78 is 0. The average molecular weight is 437 g/mol. The number of nitrogens with zero attached hydrogens (tertiary/aromatic N) is 3. The number of benzene rings is 1. The molecule has 1 aliphatic heterocycles. The summed E-state index contributed by atoms with van der Waals surface area (Å²) in [6.07, 6.45) is 2.54. The molecule has 1 aliphatic rings. The van der Waals surface area contributed by atoms with Crippen LogP contribution in [-0.4, -0.2) is 71.9 Å². The zero-order chi connectivity index (χ0) is 21.4. The molecular weight excluding hydrogens is 408 g/mol. The molecule has 1 heterocycles. The number of thioether (sulfide) groups is 1. The standard InChI is InChI=1S/C21H29ClN4O2S/c1-15(2)19(14-23)25-9-11-26(12-10-25)21(28)18(8-13-29-3)24-20(27)16-6-4-5-7-17(16)22/h4-7,15,18-19H,8-13H2,1-3H3,(H,24,27). The van der Waals surface area contributed by atoms with Crippen LogP contribution in [0.5, 0.6) is 0 Å². The van der Waals surface area contributed by atoms with Gasteiger partial charge in [-0.05, 0) is 36.5 Å². The van der Waals surface area contributed by atoms with Crippen molar-refractivity contribution < 1.29 is 9.59 Å². The SMILES string of the molecule is CSCCC(NC(=O)c1ccccc1Cl)C(=O)N1CCN(C(C#N)C(C)C)CC1. The van der Waals surface area contributed by atoms with Crippen molar-refractivity contribution in [2.75, 3.05) is 38.2 Å². The normalized spacial score (nSPS) is 16.9. The van der Waals surface area contributed by atoms with Crippen molar-refractivity contribution >= 4 is 35.2 Å². The van der Waals surface area contributed by atoms with Crippen LogP contribution in [0.1, 0.15) is 30.6 Å². The molecular formula is C21H29ClN4O2S. The van der Waals surface area contributed by atoms with Gasteiger partial charge in [0, 0.05) is 26.2 Å². The zero-order valence-corrected chi connectivity index (χ0v) is 18.8. The van der Waals surface area contributed by atoms with Crippen LogP contribution in [0.25, 0.3) is 0 Å².